The zero-order valence-corrected chi connectivity index (χ0v) is 11.9. The lowest BCUT2D eigenvalue weighted by atomic mass is 10.1. The third-order valence-corrected chi connectivity index (χ3v) is 2.71. The molecule has 2 N–H and O–H groups in total. The number of ether oxygens (including phenoxy) is 3. The van der Waals surface area contributed by atoms with Gasteiger partial charge in [0.25, 0.3) is 0 Å². The van der Waals surface area contributed by atoms with Crippen molar-refractivity contribution >= 4 is 5.97 Å². The molecule has 0 saturated heterocycles. The van der Waals surface area contributed by atoms with E-state index in [4.69, 9.17) is 19.9 Å². The predicted molar refractivity (Wildman–Crippen MR) is 76.4 cm³/mol. The molecule has 112 valence electrons. The summed E-state index contributed by atoms with van der Waals surface area (Å²) in [6, 6.07) is 9.03. The maximum Gasteiger partial charge on any atom is 0.323 e. The Bertz CT molecular complexity index is 369. The van der Waals surface area contributed by atoms with Crippen molar-refractivity contribution in [3.05, 3.63) is 35.9 Å². The second kappa shape index (κ2) is 10.4. The van der Waals surface area contributed by atoms with Crippen LogP contribution in [-0.2, 0) is 25.4 Å². The summed E-state index contributed by atoms with van der Waals surface area (Å²) in [7, 11) is 1.62. The third-order valence-electron chi connectivity index (χ3n) is 2.71. The first-order valence-corrected chi connectivity index (χ1v) is 6.77. The van der Waals surface area contributed by atoms with E-state index in [0.717, 1.165) is 5.56 Å². The van der Waals surface area contributed by atoms with Gasteiger partial charge in [-0.05, 0) is 12.0 Å². The molecular formula is C15H23NO4. The number of hydrogen-bond donors (Lipinski definition) is 1. The van der Waals surface area contributed by atoms with Gasteiger partial charge in [0.2, 0.25) is 0 Å². The molecule has 0 bridgehead atoms. The average molecular weight is 281 g/mol. The fourth-order valence-electron chi connectivity index (χ4n) is 1.64. The maximum atomic E-state index is 11.7. The fraction of sp³-hybridized carbons (Fsp3) is 0.533. The molecule has 1 aromatic rings. The van der Waals surface area contributed by atoms with Crippen molar-refractivity contribution in [3.63, 3.8) is 0 Å². The molecule has 20 heavy (non-hydrogen) atoms. The Kier molecular flexibility index (Phi) is 8.62. The predicted octanol–water partition coefficient (Wildman–Crippen LogP) is 1.15. The van der Waals surface area contributed by atoms with E-state index in [-0.39, 0.29) is 5.97 Å². The van der Waals surface area contributed by atoms with Gasteiger partial charge in [0, 0.05) is 20.1 Å². The van der Waals surface area contributed by atoms with Crippen LogP contribution in [0.15, 0.2) is 30.3 Å². The molecule has 0 amide bonds. The van der Waals surface area contributed by atoms with Gasteiger partial charge in [0.05, 0.1) is 19.8 Å². The highest BCUT2D eigenvalue weighted by Crippen LogP contribution is 2.03. The maximum absolute atomic E-state index is 11.7. The van der Waals surface area contributed by atoms with Crippen molar-refractivity contribution in [3.8, 4) is 0 Å². The number of carbonyl (C=O) groups is 1. The Morgan fingerprint density at radius 3 is 2.60 bits per heavy atom. The number of carbonyl (C=O) groups excluding carboxylic acids is 1. The standard InChI is InChI=1S/C15H23NO4/c1-18-10-11-19-8-5-9-20-15(17)14(16)12-13-6-3-2-4-7-13/h2-4,6-7,14H,5,8-12,16H2,1H3. The Hall–Kier alpha value is -1.43. The van der Waals surface area contributed by atoms with Crippen LogP contribution in [0.1, 0.15) is 12.0 Å². The van der Waals surface area contributed by atoms with Crippen LogP contribution in [0.3, 0.4) is 0 Å². The van der Waals surface area contributed by atoms with Crippen LogP contribution in [0, 0.1) is 0 Å². The quantitative estimate of drug-likeness (QED) is 0.514. The first-order chi connectivity index (χ1) is 9.74. The molecule has 0 aliphatic carbocycles. The van der Waals surface area contributed by atoms with Crippen LogP contribution in [0.5, 0.6) is 0 Å². The van der Waals surface area contributed by atoms with Crippen molar-refractivity contribution < 1.29 is 19.0 Å². The van der Waals surface area contributed by atoms with E-state index in [1.54, 1.807) is 7.11 Å². The Morgan fingerprint density at radius 2 is 1.90 bits per heavy atom. The van der Waals surface area contributed by atoms with Crippen LogP contribution in [0.25, 0.3) is 0 Å². The van der Waals surface area contributed by atoms with E-state index in [0.29, 0.717) is 39.3 Å². The monoisotopic (exact) mass is 281 g/mol. The van der Waals surface area contributed by atoms with Gasteiger partial charge in [-0.1, -0.05) is 30.3 Å². The van der Waals surface area contributed by atoms with Crippen LogP contribution in [0.4, 0.5) is 0 Å². The summed E-state index contributed by atoms with van der Waals surface area (Å²) < 4.78 is 15.2. The zero-order valence-electron chi connectivity index (χ0n) is 11.9. The minimum absolute atomic E-state index is 0.328. The highest BCUT2D eigenvalue weighted by atomic mass is 16.5. The minimum atomic E-state index is -0.619. The van der Waals surface area contributed by atoms with Crippen LogP contribution >= 0.6 is 0 Å². The van der Waals surface area contributed by atoms with E-state index in [2.05, 4.69) is 0 Å². The van der Waals surface area contributed by atoms with Crippen molar-refractivity contribution in [1.29, 1.82) is 0 Å². The first-order valence-electron chi connectivity index (χ1n) is 6.77. The number of esters is 1. The van der Waals surface area contributed by atoms with E-state index < -0.39 is 6.04 Å². The van der Waals surface area contributed by atoms with Gasteiger partial charge in [-0.2, -0.15) is 0 Å². The summed E-state index contributed by atoms with van der Waals surface area (Å²) >= 11 is 0. The van der Waals surface area contributed by atoms with E-state index in [1.165, 1.54) is 0 Å². The topological polar surface area (TPSA) is 70.8 Å². The SMILES string of the molecule is COCCOCCCOC(=O)C(N)Cc1ccccc1. The molecule has 1 atom stereocenters. The van der Waals surface area contributed by atoms with Crippen molar-refractivity contribution in [2.75, 3.05) is 33.5 Å². The average Bonchev–Trinajstić information content (AvgIpc) is 2.47. The van der Waals surface area contributed by atoms with Crippen LogP contribution in [-0.4, -0.2) is 45.5 Å². The van der Waals surface area contributed by atoms with Crippen LogP contribution in [0.2, 0.25) is 0 Å². The summed E-state index contributed by atoms with van der Waals surface area (Å²) in [5.41, 5.74) is 6.84. The molecule has 5 nitrogen and oxygen atoms in total. The second-order valence-corrected chi connectivity index (χ2v) is 4.42. The number of hydrogen-bond acceptors (Lipinski definition) is 5. The molecule has 0 aromatic heterocycles. The van der Waals surface area contributed by atoms with Gasteiger partial charge in [-0.15, -0.1) is 0 Å². The Labute approximate surface area is 120 Å². The summed E-state index contributed by atoms with van der Waals surface area (Å²) in [5, 5.41) is 0. The summed E-state index contributed by atoms with van der Waals surface area (Å²) in [6.45, 7) is 2.00. The molecule has 0 saturated carbocycles. The molecule has 1 aromatic carbocycles. The Balaban J connectivity index is 2.10. The lowest BCUT2D eigenvalue weighted by Gasteiger charge is -2.11. The first kappa shape index (κ1) is 16.6. The van der Waals surface area contributed by atoms with E-state index >= 15 is 0 Å². The normalized spacial score (nSPS) is 12.1. The molecule has 0 aliphatic heterocycles. The lowest BCUT2D eigenvalue weighted by Crippen LogP contribution is -2.34. The summed E-state index contributed by atoms with van der Waals surface area (Å²) in [4.78, 5) is 11.7. The largest absolute Gasteiger partial charge is 0.464 e. The molecule has 5 heteroatoms. The van der Waals surface area contributed by atoms with Crippen LogP contribution < -0.4 is 5.73 Å². The molecule has 0 aliphatic rings. The van der Waals surface area contributed by atoms with Gasteiger partial charge in [-0.25, -0.2) is 0 Å². The second-order valence-electron chi connectivity index (χ2n) is 4.42. The molecule has 0 fully saturated rings. The van der Waals surface area contributed by atoms with Gasteiger partial charge in [0.15, 0.2) is 0 Å². The number of methoxy groups -OCH3 is 1. The van der Waals surface area contributed by atoms with Crippen molar-refractivity contribution in [1.82, 2.24) is 0 Å². The minimum Gasteiger partial charge on any atom is -0.464 e. The highest BCUT2D eigenvalue weighted by Gasteiger charge is 2.15. The number of benzene rings is 1. The van der Waals surface area contributed by atoms with Crippen molar-refractivity contribution in [2.24, 2.45) is 5.73 Å². The van der Waals surface area contributed by atoms with E-state index in [9.17, 15) is 4.79 Å². The van der Waals surface area contributed by atoms with Gasteiger partial charge >= 0.3 is 5.97 Å². The van der Waals surface area contributed by atoms with E-state index in [1.807, 2.05) is 30.3 Å². The van der Waals surface area contributed by atoms with Gasteiger partial charge in [0.1, 0.15) is 6.04 Å². The summed E-state index contributed by atoms with van der Waals surface area (Å²) in [5.74, 6) is -0.370. The zero-order chi connectivity index (χ0) is 14.6. The van der Waals surface area contributed by atoms with Gasteiger partial charge < -0.3 is 19.9 Å². The molecule has 0 radical (unpaired) electrons. The number of nitrogens with two attached hydrogens (primary N) is 1. The fourth-order valence-corrected chi connectivity index (χ4v) is 1.64. The summed E-state index contributed by atoms with van der Waals surface area (Å²) in [6.07, 6.45) is 1.15. The third kappa shape index (κ3) is 7.23. The molecule has 0 spiro atoms. The highest BCUT2D eigenvalue weighted by molar-refractivity contribution is 5.75. The van der Waals surface area contributed by atoms with Gasteiger partial charge in [-0.3, -0.25) is 4.79 Å². The van der Waals surface area contributed by atoms with Crippen molar-refractivity contribution in [2.45, 2.75) is 18.9 Å². The molecule has 1 rings (SSSR count). The molecule has 0 heterocycles. The Morgan fingerprint density at radius 1 is 1.15 bits per heavy atom. The lowest BCUT2D eigenvalue weighted by molar-refractivity contribution is -0.145. The number of rotatable bonds is 10. The molecule has 1 unspecified atom stereocenters. The smallest absolute Gasteiger partial charge is 0.323 e. The molecular weight excluding hydrogens is 258 g/mol.